The second-order valence-electron chi connectivity index (χ2n) is 5.62. The summed E-state index contributed by atoms with van der Waals surface area (Å²) in [7, 11) is 1.61. The van der Waals surface area contributed by atoms with Gasteiger partial charge < -0.3 is 20.3 Å². The number of hydrogen-bond donors (Lipinski definition) is 2. The summed E-state index contributed by atoms with van der Waals surface area (Å²) in [5.74, 6) is 0.374. The Kier molecular flexibility index (Phi) is 9.12. The van der Waals surface area contributed by atoms with Gasteiger partial charge in [0, 0.05) is 19.3 Å². The number of benzene rings is 1. The Balaban J connectivity index is 2.56. The van der Waals surface area contributed by atoms with Crippen LogP contribution >= 0.6 is 0 Å². The molecule has 1 unspecified atom stereocenters. The highest BCUT2D eigenvalue weighted by Gasteiger charge is 2.13. The molecule has 1 rings (SSSR count). The minimum atomic E-state index is -0.388. The van der Waals surface area contributed by atoms with Crippen LogP contribution in [0.1, 0.15) is 32.4 Å². The molecule has 1 aromatic carbocycles. The van der Waals surface area contributed by atoms with Gasteiger partial charge in [0.2, 0.25) is 0 Å². The number of rotatable bonds is 10. The molecular formula is C19H28N4O2. The first-order chi connectivity index (χ1) is 12.0. The number of hydrogen-bond acceptors (Lipinski definition) is 5. The van der Waals surface area contributed by atoms with Crippen molar-refractivity contribution in [1.82, 2.24) is 15.5 Å². The van der Waals surface area contributed by atoms with E-state index in [1.165, 1.54) is 6.20 Å². The van der Waals surface area contributed by atoms with Gasteiger partial charge in [-0.1, -0.05) is 26.0 Å². The van der Waals surface area contributed by atoms with Gasteiger partial charge in [-0.2, -0.15) is 5.26 Å². The topological polar surface area (TPSA) is 77.4 Å². The smallest absolute Gasteiger partial charge is 0.263 e. The quantitative estimate of drug-likeness (QED) is 0.387. The summed E-state index contributed by atoms with van der Waals surface area (Å²) in [6, 6.07) is 9.21. The Morgan fingerprint density at radius 2 is 1.96 bits per heavy atom. The highest BCUT2D eigenvalue weighted by Crippen LogP contribution is 2.17. The molecule has 1 atom stereocenters. The second kappa shape index (κ2) is 11.1. The number of methoxy groups -OCH3 is 1. The number of carbonyl (C=O) groups is 1. The Morgan fingerprint density at radius 1 is 1.32 bits per heavy atom. The number of nitrogens with one attached hydrogen (secondary N) is 2. The van der Waals surface area contributed by atoms with E-state index in [1.54, 1.807) is 7.11 Å². The summed E-state index contributed by atoms with van der Waals surface area (Å²) >= 11 is 0. The van der Waals surface area contributed by atoms with E-state index in [2.05, 4.69) is 29.4 Å². The average molecular weight is 344 g/mol. The molecule has 0 aromatic heterocycles. The number of nitriles is 1. The van der Waals surface area contributed by atoms with Gasteiger partial charge in [0.05, 0.1) is 13.2 Å². The number of nitrogens with zero attached hydrogens (tertiary/aromatic N) is 2. The Bertz CT molecular complexity index is 601. The van der Waals surface area contributed by atoms with Crippen molar-refractivity contribution in [3.8, 4) is 11.8 Å². The molecule has 0 radical (unpaired) electrons. The standard InChI is InChI=1S/C19H28N4O2/c1-5-23(6-2)12-11-21-14-17(13-20)19(24)22-15(3)16-7-9-18(25-4)10-8-16/h7-10,14-15,21H,5-6,11-12H2,1-4H3,(H,22,24)/b17-14-. The van der Waals surface area contributed by atoms with E-state index in [9.17, 15) is 10.1 Å². The lowest BCUT2D eigenvalue weighted by Crippen LogP contribution is -2.31. The van der Waals surface area contributed by atoms with Gasteiger partial charge in [0.15, 0.2) is 0 Å². The molecule has 1 amide bonds. The SMILES string of the molecule is CCN(CC)CCN/C=C(/C#N)C(=O)NC(C)c1ccc(OC)cc1. The lowest BCUT2D eigenvalue weighted by molar-refractivity contribution is -0.117. The van der Waals surface area contributed by atoms with E-state index in [-0.39, 0.29) is 17.5 Å². The molecule has 0 fully saturated rings. The van der Waals surface area contributed by atoms with Crippen molar-refractivity contribution in [2.75, 3.05) is 33.3 Å². The molecule has 0 aliphatic rings. The number of amides is 1. The average Bonchev–Trinajstić information content (AvgIpc) is 2.64. The van der Waals surface area contributed by atoms with Crippen LogP contribution in [0.25, 0.3) is 0 Å². The predicted molar refractivity (Wildman–Crippen MR) is 99.0 cm³/mol. The van der Waals surface area contributed by atoms with Gasteiger partial charge in [-0.05, 0) is 37.7 Å². The van der Waals surface area contributed by atoms with E-state index in [0.29, 0.717) is 6.54 Å². The zero-order chi connectivity index (χ0) is 18.7. The molecule has 6 heteroatoms. The van der Waals surface area contributed by atoms with Gasteiger partial charge in [-0.15, -0.1) is 0 Å². The summed E-state index contributed by atoms with van der Waals surface area (Å²) in [4.78, 5) is 14.5. The zero-order valence-corrected chi connectivity index (χ0v) is 15.5. The van der Waals surface area contributed by atoms with Crippen LogP contribution in [0.3, 0.4) is 0 Å². The summed E-state index contributed by atoms with van der Waals surface area (Å²) < 4.78 is 5.12. The zero-order valence-electron chi connectivity index (χ0n) is 15.5. The van der Waals surface area contributed by atoms with Gasteiger partial charge >= 0.3 is 0 Å². The van der Waals surface area contributed by atoms with Crippen LogP contribution in [0.2, 0.25) is 0 Å². The fourth-order valence-corrected chi connectivity index (χ4v) is 2.34. The van der Waals surface area contributed by atoms with Gasteiger partial charge in [-0.25, -0.2) is 0 Å². The lowest BCUT2D eigenvalue weighted by Gasteiger charge is -2.17. The molecule has 136 valence electrons. The van der Waals surface area contributed by atoms with Crippen LogP contribution in [0.5, 0.6) is 5.75 Å². The maximum atomic E-state index is 12.2. The minimum absolute atomic E-state index is 0.0694. The van der Waals surface area contributed by atoms with E-state index < -0.39 is 0 Å². The summed E-state index contributed by atoms with van der Waals surface area (Å²) in [6.07, 6.45) is 1.49. The maximum Gasteiger partial charge on any atom is 0.263 e. The van der Waals surface area contributed by atoms with E-state index in [4.69, 9.17) is 4.74 Å². The van der Waals surface area contributed by atoms with E-state index in [0.717, 1.165) is 30.9 Å². The first-order valence-corrected chi connectivity index (χ1v) is 8.56. The normalized spacial score (nSPS) is 12.4. The molecule has 0 bridgehead atoms. The van der Waals surface area contributed by atoms with Crippen molar-refractivity contribution in [2.45, 2.75) is 26.8 Å². The summed E-state index contributed by atoms with van der Waals surface area (Å²) in [5.41, 5.74) is 1.01. The molecule has 0 heterocycles. The van der Waals surface area contributed by atoms with Crippen LogP contribution in [0.4, 0.5) is 0 Å². The lowest BCUT2D eigenvalue weighted by atomic mass is 10.1. The number of carbonyl (C=O) groups excluding carboxylic acids is 1. The Hall–Kier alpha value is -2.52. The van der Waals surface area contributed by atoms with Crippen molar-refractivity contribution in [3.05, 3.63) is 41.6 Å². The van der Waals surface area contributed by atoms with Crippen LogP contribution in [-0.4, -0.2) is 44.1 Å². The highest BCUT2D eigenvalue weighted by molar-refractivity contribution is 5.97. The third kappa shape index (κ3) is 6.86. The molecule has 6 nitrogen and oxygen atoms in total. The van der Waals surface area contributed by atoms with Gasteiger partial charge in [-0.3, -0.25) is 4.79 Å². The Labute approximate surface area is 150 Å². The first-order valence-electron chi connectivity index (χ1n) is 8.56. The van der Waals surface area contributed by atoms with Crippen LogP contribution in [-0.2, 0) is 4.79 Å². The van der Waals surface area contributed by atoms with E-state index >= 15 is 0 Å². The monoisotopic (exact) mass is 344 g/mol. The fraction of sp³-hybridized carbons (Fsp3) is 0.474. The molecule has 1 aromatic rings. The molecule has 25 heavy (non-hydrogen) atoms. The first kappa shape index (κ1) is 20.5. The molecule has 0 aliphatic heterocycles. The van der Waals surface area contributed by atoms with Gasteiger partial charge in [0.25, 0.3) is 5.91 Å². The van der Waals surface area contributed by atoms with Crippen molar-refractivity contribution < 1.29 is 9.53 Å². The predicted octanol–water partition coefficient (Wildman–Crippen LogP) is 2.21. The van der Waals surface area contributed by atoms with Crippen molar-refractivity contribution >= 4 is 5.91 Å². The second-order valence-corrected chi connectivity index (χ2v) is 5.62. The Morgan fingerprint density at radius 3 is 2.48 bits per heavy atom. The largest absolute Gasteiger partial charge is 0.497 e. The van der Waals surface area contributed by atoms with Crippen LogP contribution in [0.15, 0.2) is 36.0 Å². The van der Waals surface area contributed by atoms with E-state index in [1.807, 2.05) is 37.3 Å². The molecular weight excluding hydrogens is 316 g/mol. The number of ether oxygens (including phenoxy) is 1. The van der Waals surface area contributed by atoms with Crippen molar-refractivity contribution in [3.63, 3.8) is 0 Å². The van der Waals surface area contributed by atoms with Crippen molar-refractivity contribution in [1.29, 1.82) is 5.26 Å². The molecule has 0 aliphatic carbocycles. The molecule has 0 spiro atoms. The van der Waals surface area contributed by atoms with Crippen molar-refractivity contribution in [2.24, 2.45) is 0 Å². The summed E-state index contributed by atoms with van der Waals surface area (Å²) in [6.45, 7) is 9.60. The minimum Gasteiger partial charge on any atom is -0.497 e. The molecule has 0 saturated heterocycles. The maximum absolute atomic E-state index is 12.2. The third-order valence-corrected chi connectivity index (χ3v) is 4.04. The number of likely N-dealkylation sites (N-methyl/N-ethyl adjacent to an activating group) is 1. The summed E-state index contributed by atoms with van der Waals surface area (Å²) in [5, 5.41) is 15.1. The molecule has 0 saturated carbocycles. The highest BCUT2D eigenvalue weighted by atomic mass is 16.5. The van der Waals surface area contributed by atoms with Crippen LogP contribution < -0.4 is 15.4 Å². The fourth-order valence-electron chi connectivity index (χ4n) is 2.34. The van der Waals surface area contributed by atoms with Crippen LogP contribution in [0, 0.1) is 11.3 Å². The third-order valence-electron chi connectivity index (χ3n) is 4.04. The van der Waals surface area contributed by atoms with Gasteiger partial charge in [0.1, 0.15) is 17.4 Å². The molecule has 2 N–H and O–H groups in total.